The van der Waals surface area contributed by atoms with Crippen LogP contribution in [0.25, 0.3) is 0 Å². The average Bonchev–Trinajstić information content (AvgIpc) is 2.79. The van der Waals surface area contributed by atoms with Crippen molar-refractivity contribution in [3.63, 3.8) is 0 Å². The van der Waals surface area contributed by atoms with Gasteiger partial charge in [-0.25, -0.2) is 0 Å². The highest BCUT2D eigenvalue weighted by atomic mass is 15.2. The molecular weight excluding hydrogens is 210 g/mol. The fourth-order valence-corrected chi connectivity index (χ4v) is 2.39. The molecule has 1 atom stereocenters. The molecule has 1 aliphatic rings. The Morgan fingerprint density at radius 1 is 1.53 bits per heavy atom. The van der Waals surface area contributed by atoms with Crippen molar-refractivity contribution in [3.8, 4) is 0 Å². The summed E-state index contributed by atoms with van der Waals surface area (Å²) < 4.78 is 0. The van der Waals surface area contributed by atoms with E-state index in [9.17, 15) is 0 Å². The van der Waals surface area contributed by atoms with E-state index in [1.807, 2.05) is 18.5 Å². The maximum atomic E-state index is 4.13. The minimum Gasteiger partial charge on any atom is -0.312 e. The van der Waals surface area contributed by atoms with Crippen LogP contribution in [0.4, 0.5) is 0 Å². The van der Waals surface area contributed by atoms with Crippen LogP contribution in [0.15, 0.2) is 24.5 Å². The van der Waals surface area contributed by atoms with Gasteiger partial charge >= 0.3 is 0 Å². The van der Waals surface area contributed by atoms with Crippen LogP contribution in [-0.4, -0.2) is 41.6 Å². The summed E-state index contributed by atoms with van der Waals surface area (Å²) in [7, 11) is 0. The molecule has 2 rings (SSSR count). The third-order valence-electron chi connectivity index (χ3n) is 3.52. The number of nitrogens with zero attached hydrogens (tertiary/aromatic N) is 2. The van der Waals surface area contributed by atoms with Crippen molar-refractivity contribution >= 4 is 0 Å². The summed E-state index contributed by atoms with van der Waals surface area (Å²) in [5, 5.41) is 3.65. The van der Waals surface area contributed by atoms with Gasteiger partial charge in [0, 0.05) is 31.0 Å². The van der Waals surface area contributed by atoms with E-state index in [2.05, 4.69) is 35.1 Å². The van der Waals surface area contributed by atoms with Crippen molar-refractivity contribution in [2.45, 2.75) is 38.8 Å². The van der Waals surface area contributed by atoms with Gasteiger partial charge in [-0.15, -0.1) is 0 Å². The molecule has 0 spiro atoms. The number of hydrogen-bond acceptors (Lipinski definition) is 3. The van der Waals surface area contributed by atoms with Crippen LogP contribution < -0.4 is 5.32 Å². The van der Waals surface area contributed by atoms with E-state index in [0.717, 1.165) is 13.0 Å². The van der Waals surface area contributed by atoms with Crippen LogP contribution in [0.5, 0.6) is 0 Å². The molecule has 1 unspecified atom stereocenters. The number of aromatic nitrogens is 1. The Hall–Kier alpha value is -0.930. The van der Waals surface area contributed by atoms with Crippen LogP contribution in [0.2, 0.25) is 0 Å². The summed E-state index contributed by atoms with van der Waals surface area (Å²) in [5.41, 5.74) is 1.32. The summed E-state index contributed by atoms with van der Waals surface area (Å²) in [4.78, 5) is 6.68. The fourth-order valence-electron chi connectivity index (χ4n) is 2.39. The smallest absolute Gasteiger partial charge is 0.0300 e. The number of nitrogens with one attached hydrogen (secondary N) is 1. The van der Waals surface area contributed by atoms with Crippen molar-refractivity contribution in [1.29, 1.82) is 0 Å². The molecule has 1 aromatic heterocycles. The normalized spacial score (nSPS) is 21.2. The summed E-state index contributed by atoms with van der Waals surface area (Å²) in [6.45, 7) is 8.05. The second-order valence-corrected chi connectivity index (χ2v) is 5.14. The Bertz CT molecular complexity index is 323. The van der Waals surface area contributed by atoms with E-state index in [4.69, 9.17) is 0 Å². The van der Waals surface area contributed by atoms with Crippen LogP contribution in [0.1, 0.15) is 25.8 Å². The zero-order valence-electron chi connectivity index (χ0n) is 10.9. The topological polar surface area (TPSA) is 28.2 Å². The molecule has 94 valence electrons. The summed E-state index contributed by atoms with van der Waals surface area (Å²) in [6.07, 6.45) is 6.14. The van der Waals surface area contributed by atoms with Gasteiger partial charge in [0.1, 0.15) is 0 Å². The second-order valence-electron chi connectivity index (χ2n) is 5.14. The maximum absolute atomic E-state index is 4.13. The van der Waals surface area contributed by atoms with Crippen LogP contribution in [-0.2, 0) is 6.42 Å². The van der Waals surface area contributed by atoms with Gasteiger partial charge < -0.3 is 5.32 Å². The monoisotopic (exact) mass is 233 g/mol. The second kappa shape index (κ2) is 6.12. The van der Waals surface area contributed by atoms with Gasteiger partial charge in [-0.2, -0.15) is 0 Å². The van der Waals surface area contributed by atoms with Crippen molar-refractivity contribution < 1.29 is 0 Å². The lowest BCUT2D eigenvalue weighted by atomic mass is 10.2. The SMILES string of the molecule is CC(C)N1CCC(NCCc2cccnc2)C1. The van der Waals surface area contributed by atoms with Gasteiger partial charge in [0.05, 0.1) is 0 Å². The lowest BCUT2D eigenvalue weighted by Gasteiger charge is -2.20. The molecule has 0 radical (unpaired) electrons. The Kier molecular flexibility index (Phi) is 4.51. The van der Waals surface area contributed by atoms with Gasteiger partial charge in [-0.1, -0.05) is 6.07 Å². The number of rotatable bonds is 5. The Labute approximate surface area is 104 Å². The molecule has 17 heavy (non-hydrogen) atoms. The van der Waals surface area contributed by atoms with Crippen LogP contribution >= 0.6 is 0 Å². The molecule has 1 saturated heterocycles. The minimum absolute atomic E-state index is 0.675. The van der Waals surface area contributed by atoms with E-state index in [1.54, 1.807) is 0 Å². The van der Waals surface area contributed by atoms with E-state index in [1.165, 1.54) is 25.1 Å². The van der Waals surface area contributed by atoms with E-state index in [-0.39, 0.29) is 0 Å². The molecule has 0 saturated carbocycles. The first-order valence-electron chi connectivity index (χ1n) is 6.62. The largest absolute Gasteiger partial charge is 0.312 e. The highest BCUT2D eigenvalue weighted by Crippen LogP contribution is 2.12. The van der Waals surface area contributed by atoms with Crippen LogP contribution in [0, 0.1) is 0 Å². The zero-order valence-corrected chi connectivity index (χ0v) is 10.9. The molecule has 1 aliphatic heterocycles. The molecule has 1 aromatic rings. The molecule has 3 heteroatoms. The van der Waals surface area contributed by atoms with Gasteiger partial charge in [0.15, 0.2) is 0 Å². The standard InChI is InChI=1S/C14H23N3/c1-12(2)17-9-6-14(11-17)16-8-5-13-4-3-7-15-10-13/h3-4,7,10,12,14,16H,5-6,8-9,11H2,1-2H3. The molecule has 0 amide bonds. The zero-order chi connectivity index (χ0) is 12.1. The Balaban J connectivity index is 1.67. The lowest BCUT2D eigenvalue weighted by molar-refractivity contribution is 0.268. The number of pyridine rings is 1. The van der Waals surface area contributed by atoms with E-state index >= 15 is 0 Å². The van der Waals surface area contributed by atoms with Gasteiger partial charge in [-0.3, -0.25) is 9.88 Å². The molecule has 2 heterocycles. The first-order chi connectivity index (χ1) is 8.25. The quantitative estimate of drug-likeness (QED) is 0.839. The summed E-state index contributed by atoms with van der Waals surface area (Å²) >= 11 is 0. The van der Waals surface area contributed by atoms with E-state index in [0.29, 0.717) is 12.1 Å². The van der Waals surface area contributed by atoms with Crippen molar-refractivity contribution in [2.75, 3.05) is 19.6 Å². The first-order valence-corrected chi connectivity index (χ1v) is 6.62. The molecule has 0 bridgehead atoms. The predicted molar refractivity (Wildman–Crippen MR) is 71.1 cm³/mol. The van der Waals surface area contributed by atoms with Gasteiger partial charge in [0.25, 0.3) is 0 Å². The third kappa shape index (κ3) is 3.79. The number of likely N-dealkylation sites (tertiary alicyclic amines) is 1. The highest BCUT2D eigenvalue weighted by molar-refractivity contribution is 5.08. The van der Waals surface area contributed by atoms with Gasteiger partial charge in [0.2, 0.25) is 0 Å². The molecule has 3 nitrogen and oxygen atoms in total. The lowest BCUT2D eigenvalue weighted by Crippen LogP contribution is -2.36. The van der Waals surface area contributed by atoms with Crippen molar-refractivity contribution in [1.82, 2.24) is 15.2 Å². The predicted octanol–water partition coefficient (Wildman–Crippen LogP) is 1.70. The Morgan fingerprint density at radius 2 is 2.41 bits per heavy atom. The minimum atomic E-state index is 0.675. The average molecular weight is 233 g/mol. The first kappa shape index (κ1) is 12.5. The van der Waals surface area contributed by atoms with Crippen molar-refractivity contribution in [3.05, 3.63) is 30.1 Å². The summed E-state index contributed by atoms with van der Waals surface area (Å²) in [6, 6.07) is 5.50. The molecule has 0 aliphatic carbocycles. The summed E-state index contributed by atoms with van der Waals surface area (Å²) in [5.74, 6) is 0. The van der Waals surface area contributed by atoms with E-state index < -0.39 is 0 Å². The number of hydrogen-bond donors (Lipinski definition) is 1. The molecular formula is C14H23N3. The molecule has 1 N–H and O–H groups in total. The highest BCUT2D eigenvalue weighted by Gasteiger charge is 2.23. The fraction of sp³-hybridized carbons (Fsp3) is 0.643. The molecule has 1 fully saturated rings. The third-order valence-corrected chi connectivity index (χ3v) is 3.52. The maximum Gasteiger partial charge on any atom is 0.0300 e. The molecule has 0 aromatic carbocycles. The van der Waals surface area contributed by atoms with Crippen molar-refractivity contribution in [2.24, 2.45) is 0 Å². The van der Waals surface area contributed by atoms with Crippen LogP contribution in [0.3, 0.4) is 0 Å². The Morgan fingerprint density at radius 3 is 3.06 bits per heavy atom. The van der Waals surface area contributed by atoms with Gasteiger partial charge in [-0.05, 0) is 51.4 Å².